The van der Waals surface area contributed by atoms with Gasteiger partial charge in [0.2, 0.25) is 12.7 Å². The highest BCUT2D eigenvalue weighted by molar-refractivity contribution is 7.12. The Morgan fingerprint density at radius 1 is 1.43 bits per heavy atom. The summed E-state index contributed by atoms with van der Waals surface area (Å²) in [6.07, 6.45) is 5.18. The van der Waals surface area contributed by atoms with E-state index in [9.17, 15) is 4.79 Å². The molecular weight excluding hydrogens is 312 g/mol. The van der Waals surface area contributed by atoms with Crippen LogP contribution in [0.1, 0.15) is 22.4 Å². The first-order valence-corrected chi connectivity index (χ1v) is 8.26. The van der Waals surface area contributed by atoms with Crippen molar-refractivity contribution in [3.8, 4) is 11.5 Å². The van der Waals surface area contributed by atoms with Crippen molar-refractivity contribution in [3.63, 3.8) is 0 Å². The molecule has 1 aromatic heterocycles. The Bertz CT molecular complexity index is 739. The van der Waals surface area contributed by atoms with E-state index in [1.165, 1.54) is 0 Å². The van der Waals surface area contributed by atoms with Crippen LogP contribution in [0.15, 0.2) is 30.5 Å². The number of amides is 1. The Morgan fingerprint density at radius 2 is 2.30 bits per heavy atom. The lowest BCUT2D eigenvalue weighted by Gasteiger charge is -2.20. The maximum Gasteiger partial charge on any atom is 0.246 e. The van der Waals surface area contributed by atoms with Gasteiger partial charge in [-0.3, -0.25) is 4.79 Å². The summed E-state index contributed by atoms with van der Waals surface area (Å²) in [4.78, 5) is 19.3. The van der Waals surface area contributed by atoms with Gasteiger partial charge in [-0.15, -0.1) is 11.3 Å². The predicted molar refractivity (Wildman–Crippen MR) is 89.5 cm³/mol. The molecule has 0 N–H and O–H groups in total. The highest BCUT2D eigenvalue weighted by atomic mass is 32.1. The zero-order chi connectivity index (χ0) is 16.2. The van der Waals surface area contributed by atoms with Gasteiger partial charge in [-0.25, -0.2) is 4.98 Å². The van der Waals surface area contributed by atoms with Gasteiger partial charge in [-0.2, -0.15) is 0 Å². The van der Waals surface area contributed by atoms with Crippen molar-refractivity contribution >= 4 is 23.3 Å². The fraction of sp³-hybridized carbons (Fsp3) is 0.294. The summed E-state index contributed by atoms with van der Waals surface area (Å²) in [5.41, 5.74) is 0.956. The van der Waals surface area contributed by atoms with Crippen molar-refractivity contribution < 1.29 is 14.3 Å². The first kappa shape index (κ1) is 15.6. The van der Waals surface area contributed by atoms with E-state index in [0.717, 1.165) is 26.9 Å². The Labute approximate surface area is 139 Å². The maximum atomic E-state index is 12.4. The summed E-state index contributed by atoms with van der Waals surface area (Å²) < 4.78 is 10.9. The highest BCUT2D eigenvalue weighted by Gasteiger charge is 2.19. The number of hydrogen-bond acceptors (Lipinski definition) is 5. The number of carbonyl (C=O) groups is 1. The molecule has 0 saturated heterocycles. The molecule has 1 aromatic carbocycles. The molecule has 2 aromatic rings. The monoisotopic (exact) mass is 330 g/mol. The summed E-state index contributed by atoms with van der Waals surface area (Å²) >= 11 is 1.56. The van der Waals surface area contributed by atoms with Crippen molar-refractivity contribution in [2.24, 2.45) is 0 Å². The number of nitrogens with zero attached hydrogens (tertiary/aromatic N) is 2. The highest BCUT2D eigenvalue weighted by Crippen LogP contribution is 2.35. The molecule has 1 aliphatic rings. The van der Waals surface area contributed by atoms with Crippen molar-refractivity contribution in [1.29, 1.82) is 0 Å². The summed E-state index contributed by atoms with van der Waals surface area (Å²) in [6.45, 7) is 5.25. The standard InChI is InChI=1S/C17H18N2O3S/c1-3-19(16(20)8-7-14-9-18-12(2)23-14)10-13-5-4-6-15-17(13)22-11-21-15/h4-9H,3,10-11H2,1-2H3. The smallest absolute Gasteiger partial charge is 0.246 e. The molecule has 0 fully saturated rings. The minimum atomic E-state index is -0.0323. The third kappa shape index (κ3) is 3.53. The van der Waals surface area contributed by atoms with E-state index >= 15 is 0 Å². The van der Waals surface area contributed by atoms with Crippen molar-refractivity contribution in [2.75, 3.05) is 13.3 Å². The molecule has 23 heavy (non-hydrogen) atoms. The molecule has 3 rings (SSSR count). The summed E-state index contributed by atoms with van der Waals surface area (Å²) in [6, 6.07) is 5.74. The number of carbonyl (C=O) groups excluding carboxylic acids is 1. The van der Waals surface area contributed by atoms with Gasteiger partial charge in [0.05, 0.1) is 5.01 Å². The number of aromatic nitrogens is 1. The molecule has 0 radical (unpaired) electrons. The minimum absolute atomic E-state index is 0.0323. The van der Waals surface area contributed by atoms with Crippen LogP contribution in [-0.4, -0.2) is 29.1 Å². The molecule has 1 aliphatic heterocycles. The average Bonchev–Trinajstić information content (AvgIpc) is 3.19. The third-order valence-corrected chi connectivity index (χ3v) is 4.44. The SMILES string of the molecule is CCN(Cc1cccc2c1OCO2)C(=O)C=Cc1cnc(C)s1. The second kappa shape index (κ2) is 6.83. The van der Waals surface area contributed by atoms with Crippen molar-refractivity contribution in [2.45, 2.75) is 20.4 Å². The van der Waals surface area contributed by atoms with Crippen LogP contribution in [-0.2, 0) is 11.3 Å². The Morgan fingerprint density at radius 3 is 3.04 bits per heavy atom. The van der Waals surface area contributed by atoms with Crippen LogP contribution in [0.4, 0.5) is 0 Å². The molecule has 0 bridgehead atoms. The van der Waals surface area contributed by atoms with E-state index in [4.69, 9.17) is 9.47 Å². The van der Waals surface area contributed by atoms with E-state index < -0.39 is 0 Å². The van der Waals surface area contributed by atoms with E-state index in [1.807, 2.05) is 38.1 Å². The molecule has 6 heteroatoms. The second-order valence-electron chi connectivity index (χ2n) is 5.12. The summed E-state index contributed by atoms with van der Waals surface area (Å²) in [5, 5.41) is 0.987. The molecule has 1 amide bonds. The molecule has 2 heterocycles. The van der Waals surface area contributed by atoms with Crippen LogP contribution >= 0.6 is 11.3 Å². The van der Waals surface area contributed by atoms with Gasteiger partial charge in [0.1, 0.15) is 0 Å². The van der Waals surface area contributed by atoms with Gasteiger partial charge in [0.25, 0.3) is 0 Å². The van der Waals surface area contributed by atoms with Gasteiger partial charge in [0, 0.05) is 35.8 Å². The third-order valence-electron chi connectivity index (χ3n) is 3.56. The number of hydrogen-bond donors (Lipinski definition) is 0. The fourth-order valence-corrected chi connectivity index (χ4v) is 3.07. The summed E-state index contributed by atoms with van der Waals surface area (Å²) in [7, 11) is 0. The lowest BCUT2D eigenvalue weighted by molar-refractivity contribution is -0.126. The van der Waals surface area contributed by atoms with E-state index in [-0.39, 0.29) is 12.7 Å². The second-order valence-corrected chi connectivity index (χ2v) is 6.38. The van der Waals surface area contributed by atoms with Gasteiger partial charge in [-0.1, -0.05) is 12.1 Å². The van der Waals surface area contributed by atoms with Crippen LogP contribution in [0.25, 0.3) is 6.08 Å². The van der Waals surface area contributed by atoms with Crippen LogP contribution in [0.5, 0.6) is 11.5 Å². The van der Waals surface area contributed by atoms with Gasteiger partial charge < -0.3 is 14.4 Å². The van der Waals surface area contributed by atoms with E-state index in [2.05, 4.69) is 4.98 Å². The molecule has 5 nitrogen and oxygen atoms in total. The van der Waals surface area contributed by atoms with Crippen LogP contribution in [0, 0.1) is 6.92 Å². The Kier molecular flexibility index (Phi) is 4.62. The minimum Gasteiger partial charge on any atom is -0.454 e. The van der Waals surface area contributed by atoms with Crippen molar-refractivity contribution in [1.82, 2.24) is 9.88 Å². The molecule has 120 valence electrons. The zero-order valence-corrected chi connectivity index (χ0v) is 13.9. The van der Waals surface area contributed by atoms with Crippen LogP contribution < -0.4 is 9.47 Å². The number of ether oxygens (including phenoxy) is 2. The number of thiazole rings is 1. The first-order chi connectivity index (χ1) is 11.2. The molecule has 0 spiro atoms. The largest absolute Gasteiger partial charge is 0.454 e. The predicted octanol–water partition coefficient (Wildman–Crippen LogP) is 3.24. The lowest BCUT2D eigenvalue weighted by atomic mass is 10.1. The first-order valence-electron chi connectivity index (χ1n) is 7.44. The number of rotatable bonds is 5. The number of para-hydroxylation sites is 1. The van der Waals surface area contributed by atoms with Crippen molar-refractivity contribution in [3.05, 3.63) is 45.9 Å². The van der Waals surface area contributed by atoms with Gasteiger partial charge in [-0.05, 0) is 26.0 Å². The normalized spacial score (nSPS) is 12.8. The number of benzene rings is 1. The van der Waals surface area contributed by atoms with Crippen LogP contribution in [0.3, 0.4) is 0 Å². The molecule has 0 atom stereocenters. The average molecular weight is 330 g/mol. The van der Waals surface area contributed by atoms with E-state index in [0.29, 0.717) is 13.1 Å². The summed E-state index contributed by atoms with van der Waals surface area (Å²) in [5.74, 6) is 1.44. The zero-order valence-electron chi connectivity index (χ0n) is 13.1. The van der Waals surface area contributed by atoms with Gasteiger partial charge >= 0.3 is 0 Å². The molecule has 0 unspecified atom stereocenters. The number of aryl methyl sites for hydroxylation is 1. The number of fused-ring (bicyclic) bond motifs is 1. The molecule has 0 saturated carbocycles. The lowest BCUT2D eigenvalue weighted by Crippen LogP contribution is -2.28. The topological polar surface area (TPSA) is 51.7 Å². The Balaban J connectivity index is 1.71. The molecule has 0 aliphatic carbocycles. The quantitative estimate of drug-likeness (QED) is 0.790. The number of likely N-dealkylation sites (N-methyl/N-ethyl adjacent to an activating group) is 1. The van der Waals surface area contributed by atoms with Crippen LogP contribution in [0.2, 0.25) is 0 Å². The van der Waals surface area contributed by atoms with Gasteiger partial charge in [0.15, 0.2) is 11.5 Å². The Hall–Kier alpha value is -2.34. The van der Waals surface area contributed by atoms with E-state index in [1.54, 1.807) is 28.5 Å². The maximum absolute atomic E-state index is 12.4. The molecular formula is C17H18N2O3S. The fourth-order valence-electron chi connectivity index (χ4n) is 2.38.